The molecule has 0 aromatic carbocycles. The normalized spacial score (nSPS) is 10.8. The summed E-state index contributed by atoms with van der Waals surface area (Å²) in [5.41, 5.74) is -1.23. The van der Waals surface area contributed by atoms with Gasteiger partial charge in [-0.25, -0.2) is 8.78 Å². The van der Waals surface area contributed by atoms with E-state index in [-0.39, 0.29) is 10.9 Å². The molecule has 0 amide bonds. The van der Waals surface area contributed by atoms with Crippen LogP contribution in [-0.2, 0) is 5.33 Å². The minimum absolute atomic E-state index is 0.0457. The summed E-state index contributed by atoms with van der Waals surface area (Å²) in [7, 11) is 0. The largest absolute Gasteiger partial charge is 0.507 e. The quantitative estimate of drug-likeness (QED) is 0.792. The molecule has 0 aliphatic heterocycles. The summed E-state index contributed by atoms with van der Waals surface area (Å²) >= 11 is 2.95. The van der Waals surface area contributed by atoms with Gasteiger partial charge in [0.2, 0.25) is 0 Å². The van der Waals surface area contributed by atoms with Crippen molar-refractivity contribution in [1.29, 1.82) is 0 Å². The standard InChI is InChI=1S/C7H6BrF2NO2/c8-2-3-5(12)1-4(6(9)10)11-7(3)13/h1,6H,2H2,(H2,11,12,13). The second-order valence-electron chi connectivity index (χ2n) is 2.35. The zero-order valence-electron chi connectivity index (χ0n) is 6.35. The van der Waals surface area contributed by atoms with Crippen molar-refractivity contribution in [2.45, 2.75) is 11.8 Å². The maximum atomic E-state index is 12.1. The summed E-state index contributed by atoms with van der Waals surface area (Å²) < 4.78 is 24.1. The third kappa shape index (κ3) is 2.06. The van der Waals surface area contributed by atoms with Gasteiger partial charge in [-0.2, -0.15) is 0 Å². The van der Waals surface area contributed by atoms with Crippen LogP contribution in [0.3, 0.4) is 0 Å². The Morgan fingerprint density at radius 3 is 2.62 bits per heavy atom. The van der Waals surface area contributed by atoms with E-state index in [0.29, 0.717) is 0 Å². The molecule has 0 saturated heterocycles. The highest BCUT2D eigenvalue weighted by Gasteiger charge is 2.13. The minimum Gasteiger partial charge on any atom is -0.507 e. The highest BCUT2D eigenvalue weighted by Crippen LogP contribution is 2.21. The molecular formula is C7H6BrF2NO2. The number of aromatic amines is 1. The molecule has 0 atom stereocenters. The van der Waals surface area contributed by atoms with E-state index in [4.69, 9.17) is 5.11 Å². The molecule has 6 heteroatoms. The predicted octanol–water partition coefficient (Wildman–Crippen LogP) is 1.91. The molecule has 0 radical (unpaired) electrons. The molecule has 0 spiro atoms. The first kappa shape index (κ1) is 10.2. The van der Waals surface area contributed by atoms with Crippen molar-refractivity contribution in [2.75, 3.05) is 0 Å². The van der Waals surface area contributed by atoms with Crippen LogP contribution in [0, 0.1) is 0 Å². The SMILES string of the molecule is O=c1[nH]c(C(F)F)cc(O)c1CBr. The number of nitrogens with one attached hydrogen (secondary N) is 1. The highest BCUT2D eigenvalue weighted by molar-refractivity contribution is 9.08. The fraction of sp³-hybridized carbons (Fsp3) is 0.286. The molecule has 0 aliphatic carbocycles. The molecule has 2 N–H and O–H groups in total. The van der Waals surface area contributed by atoms with Crippen LogP contribution in [0.15, 0.2) is 10.9 Å². The summed E-state index contributed by atoms with van der Waals surface area (Å²) in [5.74, 6) is -0.420. The Balaban J connectivity index is 3.29. The van der Waals surface area contributed by atoms with Gasteiger partial charge in [0.25, 0.3) is 12.0 Å². The molecule has 0 aliphatic rings. The molecule has 1 heterocycles. The summed E-state index contributed by atoms with van der Waals surface area (Å²) in [5, 5.41) is 9.26. The van der Waals surface area contributed by atoms with Crippen molar-refractivity contribution in [3.05, 3.63) is 27.7 Å². The van der Waals surface area contributed by atoms with E-state index >= 15 is 0 Å². The minimum atomic E-state index is -2.79. The van der Waals surface area contributed by atoms with Crippen LogP contribution < -0.4 is 5.56 Å². The first-order valence-corrected chi connectivity index (χ1v) is 4.47. The van der Waals surface area contributed by atoms with E-state index in [2.05, 4.69) is 15.9 Å². The number of halogens is 3. The molecule has 1 aromatic heterocycles. The third-order valence-corrected chi connectivity index (χ3v) is 2.06. The zero-order valence-corrected chi connectivity index (χ0v) is 7.94. The number of hydrogen-bond donors (Lipinski definition) is 2. The number of H-pyrrole nitrogens is 1. The van der Waals surface area contributed by atoms with Crippen LogP contribution in [0.4, 0.5) is 8.78 Å². The Morgan fingerprint density at radius 1 is 1.62 bits per heavy atom. The number of rotatable bonds is 2. The summed E-state index contributed by atoms with van der Waals surface area (Å²) in [6.07, 6.45) is -2.79. The lowest BCUT2D eigenvalue weighted by atomic mass is 10.2. The van der Waals surface area contributed by atoms with E-state index in [1.54, 1.807) is 0 Å². The van der Waals surface area contributed by atoms with Gasteiger partial charge in [-0.3, -0.25) is 4.79 Å². The van der Waals surface area contributed by atoms with Crippen LogP contribution in [0.5, 0.6) is 5.75 Å². The second kappa shape index (κ2) is 3.87. The zero-order chi connectivity index (χ0) is 10.0. The molecule has 0 fully saturated rings. The van der Waals surface area contributed by atoms with Gasteiger partial charge >= 0.3 is 0 Å². The summed E-state index contributed by atoms with van der Waals surface area (Å²) in [4.78, 5) is 13.0. The van der Waals surface area contributed by atoms with Crippen LogP contribution >= 0.6 is 15.9 Å². The molecule has 72 valence electrons. The smallest absolute Gasteiger partial charge is 0.278 e. The Bertz CT molecular complexity index is 364. The number of aromatic nitrogens is 1. The molecule has 0 bridgehead atoms. The van der Waals surface area contributed by atoms with Crippen LogP contribution in [-0.4, -0.2) is 10.1 Å². The lowest BCUT2D eigenvalue weighted by Gasteiger charge is -2.03. The molecule has 0 saturated carbocycles. The first-order chi connectivity index (χ1) is 6.06. The number of hydrogen-bond acceptors (Lipinski definition) is 2. The number of pyridine rings is 1. The van der Waals surface area contributed by atoms with Crippen LogP contribution in [0.1, 0.15) is 17.7 Å². The maximum absolute atomic E-state index is 12.1. The van der Waals surface area contributed by atoms with Gasteiger partial charge in [0, 0.05) is 11.4 Å². The van der Waals surface area contributed by atoms with Crippen LogP contribution in [0.2, 0.25) is 0 Å². The average molecular weight is 254 g/mol. The first-order valence-electron chi connectivity index (χ1n) is 3.35. The predicted molar refractivity (Wildman–Crippen MR) is 46.3 cm³/mol. The molecule has 3 nitrogen and oxygen atoms in total. The van der Waals surface area contributed by atoms with Crippen molar-refractivity contribution in [3.63, 3.8) is 0 Å². The van der Waals surface area contributed by atoms with E-state index in [1.807, 2.05) is 4.98 Å². The molecular weight excluding hydrogens is 248 g/mol. The fourth-order valence-corrected chi connectivity index (χ4v) is 1.38. The maximum Gasteiger partial charge on any atom is 0.278 e. The Morgan fingerprint density at radius 2 is 2.23 bits per heavy atom. The van der Waals surface area contributed by atoms with Gasteiger partial charge in [0.1, 0.15) is 5.75 Å². The summed E-state index contributed by atoms with van der Waals surface area (Å²) in [6.45, 7) is 0. The average Bonchev–Trinajstić information content (AvgIpc) is 2.03. The lowest BCUT2D eigenvalue weighted by Crippen LogP contribution is -2.13. The van der Waals surface area contributed by atoms with Crippen molar-refractivity contribution in [1.82, 2.24) is 4.98 Å². The lowest BCUT2D eigenvalue weighted by molar-refractivity contribution is 0.145. The monoisotopic (exact) mass is 253 g/mol. The molecule has 13 heavy (non-hydrogen) atoms. The van der Waals surface area contributed by atoms with E-state index in [9.17, 15) is 13.6 Å². The van der Waals surface area contributed by atoms with Crippen molar-refractivity contribution in [2.24, 2.45) is 0 Å². The van der Waals surface area contributed by atoms with Gasteiger partial charge in [-0.05, 0) is 0 Å². The van der Waals surface area contributed by atoms with Crippen molar-refractivity contribution < 1.29 is 13.9 Å². The van der Waals surface area contributed by atoms with Gasteiger partial charge in [-0.1, -0.05) is 15.9 Å². The molecule has 1 rings (SSSR count). The molecule has 0 unspecified atom stereocenters. The highest BCUT2D eigenvalue weighted by atomic mass is 79.9. The topological polar surface area (TPSA) is 53.1 Å². The van der Waals surface area contributed by atoms with Gasteiger partial charge < -0.3 is 10.1 Å². The number of aromatic hydroxyl groups is 1. The fourth-order valence-electron chi connectivity index (χ4n) is 0.840. The van der Waals surface area contributed by atoms with Crippen molar-refractivity contribution >= 4 is 15.9 Å². The van der Waals surface area contributed by atoms with Gasteiger partial charge in [0.05, 0.1) is 11.3 Å². The second-order valence-corrected chi connectivity index (χ2v) is 2.91. The van der Waals surface area contributed by atoms with E-state index in [0.717, 1.165) is 6.07 Å². The Hall–Kier alpha value is -0.910. The van der Waals surface area contributed by atoms with E-state index in [1.165, 1.54) is 0 Å². The number of alkyl halides is 3. The Labute approximate surface area is 80.5 Å². The molecule has 1 aromatic rings. The van der Waals surface area contributed by atoms with E-state index < -0.39 is 23.4 Å². The van der Waals surface area contributed by atoms with Gasteiger partial charge in [-0.15, -0.1) is 0 Å². The van der Waals surface area contributed by atoms with Crippen LogP contribution in [0.25, 0.3) is 0 Å². The van der Waals surface area contributed by atoms with Gasteiger partial charge in [0.15, 0.2) is 0 Å². The Kier molecular flexibility index (Phi) is 3.02. The summed E-state index contributed by atoms with van der Waals surface area (Å²) in [6, 6.07) is 0.850. The van der Waals surface area contributed by atoms with Crippen molar-refractivity contribution in [3.8, 4) is 5.75 Å². The third-order valence-electron chi connectivity index (χ3n) is 1.50.